The molecule has 1 aliphatic rings. The first-order valence-corrected chi connectivity index (χ1v) is 10.7. The molecule has 6 heteroatoms. The Kier molecular flexibility index (Phi) is 7.97. The first-order valence-electron chi connectivity index (χ1n) is 10.7. The predicted molar refractivity (Wildman–Crippen MR) is 126 cm³/mol. The summed E-state index contributed by atoms with van der Waals surface area (Å²) in [6.07, 6.45) is 2.50. The Labute approximate surface area is 180 Å². The van der Waals surface area contributed by atoms with E-state index in [1.165, 1.54) is 29.7 Å². The second-order valence-electron chi connectivity index (χ2n) is 7.87. The van der Waals surface area contributed by atoms with Crippen molar-refractivity contribution in [1.29, 1.82) is 0 Å². The zero-order chi connectivity index (χ0) is 21.3. The Morgan fingerprint density at radius 3 is 2.40 bits per heavy atom. The molecule has 0 aliphatic carbocycles. The highest BCUT2D eigenvalue weighted by atomic mass is 16.5. The number of ether oxygens (including phenoxy) is 1. The Morgan fingerprint density at radius 2 is 1.77 bits per heavy atom. The Bertz CT molecular complexity index is 813. The third kappa shape index (κ3) is 5.66. The van der Waals surface area contributed by atoms with E-state index in [1.807, 2.05) is 19.2 Å². The zero-order valence-electron chi connectivity index (χ0n) is 18.7. The molecule has 6 nitrogen and oxygen atoms in total. The van der Waals surface area contributed by atoms with E-state index >= 15 is 0 Å². The van der Waals surface area contributed by atoms with E-state index in [0.717, 1.165) is 37.9 Å². The fourth-order valence-corrected chi connectivity index (χ4v) is 3.94. The van der Waals surface area contributed by atoms with Gasteiger partial charge in [0.25, 0.3) is 0 Å². The van der Waals surface area contributed by atoms with Crippen LogP contribution in [0.3, 0.4) is 0 Å². The number of hydrogen-bond acceptors (Lipinski definition) is 4. The van der Waals surface area contributed by atoms with Gasteiger partial charge in [-0.25, -0.2) is 0 Å². The highest BCUT2D eigenvalue weighted by Gasteiger charge is 2.26. The van der Waals surface area contributed by atoms with Crippen molar-refractivity contribution in [3.63, 3.8) is 0 Å². The molecule has 162 valence electrons. The van der Waals surface area contributed by atoms with Gasteiger partial charge in [-0.05, 0) is 49.7 Å². The normalized spacial score (nSPS) is 15.7. The van der Waals surface area contributed by atoms with Crippen molar-refractivity contribution >= 4 is 11.6 Å². The lowest BCUT2D eigenvalue weighted by atomic mass is 10.0. The molecule has 0 amide bonds. The van der Waals surface area contributed by atoms with E-state index < -0.39 is 0 Å². The van der Waals surface area contributed by atoms with E-state index in [1.54, 1.807) is 7.11 Å². The lowest BCUT2D eigenvalue weighted by Crippen LogP contribution is -2.42. The van der Waals surface area contributed by atoms with Gasteiger partial charge in [-0.1, -0.05) is 30.3 Å². The van der Waals surface area contributed by atoms with Crippen LogP contribution in [0.2, 0.25) is 0 Å². The first kappa shape index (κ1) is 22.0. The maximum Gasteiger partial charge on any atom is 0.191 e. The molecule has 2 aromatic carbocycles. The van der Waals surface area contributed by atoms with E-state index in [9.17, 15) is 0 Å². The number of rotatable bonds is 8. The summed E-state index contributed by atoms with van der Waals surface area (Å²) in [4.78, 5) is 9.07. The SMILES string of the molecule is CN=C(NCc1ccc(N(C)C)cc1)NCC(c1ccccc1OC)N1CCCC1. The fraction of sp³-hybridized carbons (Fsp3) is 0.458. The summed E-state index contributed by atoms with van der Waals surface area (Å²) in [5.74, 6) is 1.76. The molecule has 0 saturated carbocycles. The van der Waals surface area contributed by atoms with Crippen LogP contribution in [0.25, 0.3) is 0 Å². The average molecular weight is 410 g/mol. The number of guanidine groups is 1. The van der Waals surface area contributed by atoms with Crippen molar-refractivity contribution in [3.05, 3.63) is 59.7 Å². The third-order valence-corrected chi connectivity index (χ3v) is 5.68. The van der Waals surface area contributed by atoms with Gasteiger partial charge in [0.2, 0.25) is 0 Å². The molecule has 1 unspecified atom stereocenters. The molecule has 0 radical (unpaired) electrons. The predicted octanol–water partition coefficient (Wildman–Crippen LogP) is 3.26. The molecule has 30 heavy (non-hydrogen) atoms. The summed E-state index contributed by atoms with van der Waals surface area (Å²) in [6, 6.07) is 17.2. The topological polar surface area (TPSA) is 52.1 Å². The largest absolute Gasteiger partial charge is 0.496 e. The maximum absolute atomic E-state index is 5.65. The molecule has 0 spiro atoms. The molecular formula is C24H35N5O. The van der Waals surface area contributed by atoms with Crippen LogP contribution in [0.15, 0.2) is 53.5 Å². The number of hydrogen-bond donors (Lipinski definition) is 2. The van der Waals surface area contributed by atoms with Crippen LogP contribution in [-0.2, 0) is 6.54 Å². The molecule has 1 fully saturated rings. The molecule has 0 aromatic heterocycles. The lowest BCUT2D eigenvalue weighted by molar-refractivity contribution is 0.239. The number of likely N-dealkylation sites (tertiary alicyclic amines) is 1. The van der Waals surface area contributed by atoms with Crippen LogP contribution in [0.1, 0.15) is 30.0 Å². The molecule has 3 rings (SSSR count). The van der Waals surface area contributed by atoms with Gasteiger partial charge in [-0.15, -0.1) is 0 Å². The molecule has 2 N–H and O–H groups in total. The van der Waals surface area contributed by atoms with E-state index in [0.29, 0.717) is 0 Å². The molecule has 1 aliphatic heterocycles. The summed E-state index contributed by atoms with van der Waals surface area (Å²) >= 11 is 0. The number of nitrogens with one attached hydrogen (secondary N) is 2. The molecular weight excluding hydrogens is 374 g/mol. The summed E-state index contributed by atoms with van der Waals surface area (Å²) in [6.45, 7) is 3.75. The number of aliphatic imine (C=N–C) groups is 1. The lowest BCUT2D eigenvalue weighted by Gasteiger charge is -2.30. The van der Waals surface area contributed by atoms with Crippen molar-refractivity contribution in [2.75, 3.05) is 52.8 Å². The van der Waals surface area contributed by atoms with E-state index in [-0.39, 0.29) is 6.04 Å². The summed E-state index contributed by atoms with van der Waals surface area (Å²) in [5.41, 5.74) is 3.65. The van der Waals surface area contributed by atoms with E-state index in [2.05, 4.69) is 75.9 Å². The minimum Gasteiger partial charge on any atom is -0.496 e. The first-order chi connectivity index (χ1) is 14.6. The number of para-hydroxylation sites is 1. The van der Waals surface area contributed by atoms with Crippen molar-refractivity contribution < 1.29 is 4.74 Å². The second-order valence-corrected chi connectivity index (χ2v) is 7.87. The highest BCUT2D eigenvalue weighted by Crippen LogP contribution is 2.31. The quantitative estimate of drug-likeness (QED) is 0.518. The van der Waals surface area contributed by atoms with Crippen molar-refractivity contribution in [2.24, 2.45) is 4.99 Å². The third-order valence-electron chi connectivity index (χ3n) is 5.68. The van der Waals surface area contributed by atoms with Crippen LogP contribution >= 0.6 is 0 Å². The van der Waals surface area contributed by atoms with Gasteiger partial charge < -0.3 is 20.3 Å². The van der Waals surface area contributed by atoms with Crippen LogP contribution in [-0.4, -0.2) is 58.7 Å². The van der Waals surface area contributed by atoms with Gasteiger partial charge >= 0.3 is 0 Å². The minimum absolute atomic E-state index is 0.251. The minimum atomic E-state index is 0.251. The molecule has 1 atom stereocenters. The number of anilines is 1. The van der Waals surface area contributed by atoms with Gasteiger partial charge in [0.05, 0.1) is 13.2 Å². The standard InChI is InChI=1S/C24H35N5O/c1-25-24(26-17-19-11-13-20(14-12-19)28(2)3)27-18-22(29-15-7-8-16-29)21-9-5-6-10-23(21)30-4/h5-6,9-14,22H,7-8,15-18H2,1-4H3,(H2,25,26,27). The van der Waals surface area contributed by atoms with Gasteiger partial charge in [0.1, 0.15) is 5.75 Å². The van der Waals surface area contributed by atoms with Gasteiger partial charge in [0, 0.05) is 45.5 Å². The summed E-state index contributed by atoms with van der Waals surface area (Å²) in [5, 5.41) is 6.97. The van der Waals surface area contributed by atoms with Gasteiger partial charge in [-0.2, -0.15) is 0 Å². The van der Waals surface area contributed by atoms with E-state index in [4.69, 9.17) is 4.74 Å². The molecule has 1 saturated heterocycles. The van der Waals surface area contributed by atoms with Crippen molar-refractivity contribution in [1.82, 2.24) is 15.5 Å². The van der Waals surface area contributed by atoms with Crippen LogP contribution < -0.4 is 20.3 Å². The maximum atomic E-state index is 5.65. The monoisotopic (exact) mass is 409 g/mol. The van der Waals surface area contributed by atoms with Gasteiger partial charge in [0.15, 0.2) is 5.96 Å². The van der Waals surface area contributed by atoms with Crippen molar-refractivity contribution in [2.45, 2.75) is 25.4 Å². The van der Waals surface area contributed by atoms with Crippen LogP contribution in [0.5, 0.6) is 5.75 Å². The molecule has 1 heterocycles. The number of methoxy groups -OCH3 is 1. The van der Waals surface area contributed by atoms with Crippen molar-refractivity contribution in [3.8, 4) is 5.75 Å². The Balaban J connectivity index is 1.63. The number of nitrogens with zero attached hydrogens (tertiary/aromatic N) is 3. The fourth-order valence-electron chi connectivity index (χ4n) is 3.94. The Morgan fingerprint density at radius 1 is 1.07 bits per heavy atom. The smallest absolute Gasteiger partial charge is 0.191 e. The van der Waals surface area contributed by atoms with Crippen LogP contribution in [0.4, 0.5) is 5.69 Å². The van der Waals surface area contributed by atoms with Gasteiger partial charge in [-0.3, -0.25) is 9.89 Å². The second kappa shape index (κ2) is 10.9. The number of benzene rings is 2. The molecule has 2 aromatic rings. The average Bonchev–Trinajstić information content (AvgIpc) is 3.31. The molecule has 0 bridgehead atoms. The highest BCUT2D eigenvalue weighted by molar-refractivity contribution is 5.79. The summed E-state index contributed by atoms with van der Waals surface area (Å²) < 4.78 is 5.65. The Hall–Kier alpha value is -2.73. The van der Waals surface area contributed by atoms with Crippen LogP contribution in [0, 0.1) is 0 Å². The zero-order valence-corrected chi connectivity index (χ0v) is 18.7. The summed E-state index contributed by atoms with van der Waals surface area (Å²) in [7, 11) is 7.67.